The highest BCUT2D eigenvalue weighted by Gasteiger charge is 2.32. The molecule has 4 atom stereocenters. The molecule has 1 heterocycles. The largest absolute Gasteiger partial charge is 0.481 e. The molecular formula is C27H40N8O7. The van der Waals surface area contributed by atoms with Crippen LogP contribution in [0.15, 0.2) is 35.5 Å². The van der Waals surface area contributed by atoms with Gasteiger partial charge in [-0.2, -0.15) is 0 Å². The van der Waals surface area contributed by atoms with E-state index in [0.717, 1.165) is 10.9 Å². The summed E-state index contributed by atoms with van der Waals surface area (Å²) in [5, 5.41) is 27.2. The fourth-order valence-corrected chi connectivity index (χ4v) is 4.28. The van der Waals surface area contributed by atoms with E-state index in [1.54, 1.807) is 18.3 Å². The number of nitrogens with zero attached hydrogens (tertiary/aromatic N) is 1. The Morgan fingerprint density at radius 3 is 2.17 bits per heavy atom. The van der Waals surface area contributed by atoms with E-state index < -0.39 is 60.2 Å². The average molecular weight is 589 g/mol. The molecule has 230 valence electrons. The maximum absolute atomic E-state index is 13.2. The predicted octanol–water partition coefficient (Wildman–Crippen LogP) is -0.849. The normalized spacial score (nSPS) is 13.9. The quantitative estimate of drug-likeness (QED) is 0.0627. The Labute approximate surface area is 242 Å². The first kappa shape index (κ1) is 33.5. The number of aliphatic carboxylic acids is 2. The highest BCUT2D eigenvalue weighted by Crippen LogP contribution is 2.19. The van der Waals surface area contributed by atoms with Crippen LogP contribution < -0.4 is 33.2 Å². The minimum absolute atomic E-state index is 0.0709. The van der Waals surface area contributed by atoms with Crippen LogP contribution in [0.3, 0.4) is 0 Å². The molecule has 0 spiro atoms. The van der Waals surface area contributed by atoms with Gasteiger partial charge >= 0.3 is 11.9 Å². The van der Waals surface area contributed by atoms with Crippen molar-refractivity contribution in [1.29, 1.82) is 0 Å². The molecule has 0 saturated carbocycles. The van der Waals surface area contributed by atoms with Gasteiger partial charge in [0.05, 0.1) is 12.5 Å². The van der Waals surface area contributed by atoms with Gasteiger partial charge in [-0.3, -0.25) is 24.2 Å². The van der Waals surface area contributed by atoms with Crippen LogP contribution in [0.4, 0.5) is 0 Å². The Balaban J connectivity index is 2.13. The number of carboxylic acid groups (broad SMARTS) is 2. The SMILES string of the molecule is CC(C)CC(NC(=O)C(N)CCCN=C(N)N)C(=O)NC(CC(=O)O)C(=O)NC(Cc1c[nH]c2ccccc12)C(=O)O. The number of aromatic nitrogens is 1. The molecule has 2 rings (SSSR count). The van der Waals surface area contributed by atoms with Crippen LogP contribution in [0, 0.1) is 5.92 Å². The van der Waals surface area contributed by atoms with Crippen molar-refractivity contribution < 1.29 is 34.2 Å². The van der Waals surface area contributed by atoms with Gasteiger partial charge in [-0.15, -0.1) is 0 Å². The lowest BCUT2D eigenvalue weighted by atomic mass is 10.0. The lowest BCUT2D eigenvalue weighted by molar-refractivity contribution is -0.143. The number of aromatic amines is 1. The molecule has 3 amide bonds. The number of aliphatic imine (C=N–C) groups is 1. The maximum atomic E-state index is 13.2. The number of para-hydroxylation sites is 1. The van der Waals surface area contributed by atoms with Crippen molar-refractivity contribution in [3.8, 4) is 0 Å². The number of carbonyl (C=O) groups is 5. The zero-order valence-corrected chi connectivity index (χ0v) is 23.6. The number of nitrogens with one attached hydrogen (secondary N) is 4. The first-order valence-electron chi connectivity index (χ1n) is 13.5. The molecule has 4 unspecified atom stereocenters. The van der Waals surface area contributed by atoms with E-state index in [1.807, 2.05) is 26.0 Å². The number of benzene rings is 1. The number of amides is 3. The van der Waals surface area contributed by atoms with Crippen LogP contribution in [0.2, 0.25) is 0 Å². The highest BCUT2D eigenvalue weighted by molar-refractivity contribution is 5.96. The Bertz CT molecular complexity index is 1290. The molecule has 15 nitrogen and oxygen atoms in total. The molecule has 0 bridgehead atoms. The molecule has 0 radical (unpaired) electrons. The van der Waals surface area contributed by atoms with Gasteiger partial charge in [0.15, 0.2) is 5.96 Å². The van der Waals surface area contributed by atoms with Crippen LogP contribution in [-0.4, -0.2) is 81.5 Å². The van der Waals surface area contributed by atoms with Crippen molar-refractivity contribution in [2.24, 2.45) is 28.1 Å². The maximum Gasteiger partial charge on any atom is 0.326 e. The standard InChI is InChI=1S/C27H40N8O7/c1-14(2)10-19(33-23(38)17(28)7-5-9-31-27(29)30)24(39)34-20(12-22(36)37)25(40)35-21(26(41)42)11-15-13-32-18-8-4-3-6-16(15)18/h3-4,6,8,13-14,17,19-21,32H,5,7,9-12,28H2,1-2H3,(H,33,38)(H,34,39)(H,35,40)(H,36,37)(H,41,42)(H4,29,30,31). The number of carbonyl (C=O) groups excluding carboxylic acids is 3. The third kappa shape index (κ3) is 10.7. The molecule has 0 saturated heterocycles. The lowest BCUT2D eigenvalue weighted by Crippen LogP contribution is -2.57. The Morgan fingerprint density at radius 1 is 0.929 bits per heavy atom. The van der Waals surface area contributed by atoms with Crippen LogP contribution in [-0.2, 0) is 30.4 Å². The second-order valence-electron chi connectivity index (χ2n) is 10.4. The second-order valence-corrected chi connectivity index (χ2v) is 10.4. The summed E-state index contributed by atoms with van der Waals surface area (Å²) in [6, 6.07) is 2.10. The number of guanidine groups is 1. The zero-order chi connectivity index (χ0) is 31.4. The summed E-state index contributed by atoms with van der Waals surface area (Å²) < 4.78 is 0. The predicted molar refractivity (Wildman–Crippen MR) is 155 cm³/mol. The van der Waals surface area contributed by atoms with Gasteiger partial charge in [0.2, 0.25) is 17.7 Å². The monoisotopic (exact) mass is 588 g/mol. The molecule has 1 aromatic carbocycles. The van der Waals surface area contributed by atoms with Crippen LogP contribution in [0.5, 0.6) is 0 Å². The summed E-state index contributed by atoms with van der Waals surface area (Å²) in [7, 11) is 0. The van der Waals surface area contributed by atoms with Gasteiger partial charge in [-0.25, -0.2) is 4.79 Å². The van der Waals surface area contributed by atoms with Crippen LogP contribution in [0.1, 0.15) is 45.1 Å². The van der Waals surface area contributed by atoms with Crippen molar-refractivity contribution in [3.63, 3.8) is 0 Å². The number of hydrogen-bond donors (Lipinski definition) is 9. The third-order valence-electron chi connectivity index (χ3n) is 6.37. The van der Waals surface area contributed by atoms with E-state index in [2.05, 4.69) is 25.9 Å². The van der Waals surface area contributed by atoms with Gasteiger partial charge in [0.25, 0.3) is 0 Å². The van der Waals surface area contributed by atoms with Crippen LogP contribution >= 0.6 is 0 Å². The number of hydrogen-bond acceptors (Lipinski definition) is 7. The molecule has 0 fully saturated rings. The van der Waals surface area contributed by atoms with E-state index >= 15 is 0 Å². The van der Waals surface area contributed by atoms with E-state index in [-0.39, 0.29) is 37.7 Å². The smallest absolute Gasteiger partial charge is 0.326 e. The van der Waals surface area contributed by atoms with Crippen molar-refractivity contribution >= 4 is 46.5 Å². The molecule has 42 heavy (non-hydrogen) atoms. The fourth-order valence-electron chi connectivity index (χ4n) is 4.28. The molecule has 15 heteroatoms. The minimum Gasteiger partial charge on any atom is -0.481 e. The summed E-state index contributed by atoms with van der Waals surface area (Å²) in [6.45, 7) is 3.89. The first-order chi connectivity index (χ1) is 19.8. The second kappa shape index (κ2) is 16.0. The molecule has 1 aromatic heterocycles. The summed E-state index contributed by atoms with van der Waals surface area (Å²) in [5.74, 6) is -5.32. The summed E-state index contributed by atoms with van der Waals surface area (Å²) >= 11 is 0. The van der Waals surface area contributed by atoms with Crippen molar-refractivity contribution in [2.45, 2.75) is 70.1 Å². The first-order valence-corrected chi connectivity index (χ1v) is 13.5. The average Bonchev–Trinajstić information content (AvgIpc) is 3.31. The Morgan fingerprint density at radius 2 is 1.55 bits per heavy atom. The van der Waals surface area contributed by atoms with E-state index in [0.29, 0.717) is 12.0 Å². The minimum atomic E-state index is -1.61. The van der Waals surface area contributed by atoms with Crippen molar-refractivity contribution in [1.82, 2.24) is 20.9 Å². The van der Waals surface area contributed by atoms with Gasteiger partial charge in [0, 0.05) is 30.1 Å². The topological polar surface area (TPSA) is 268 Å². The van der Waals surface area contributed by atoms with Gasteiger partial charge in [-0.1, -0.05) is 32.0 Å². The lowest BCUT2D eigenvalue weighted by Gasteiger charge is -2.25. The number of fused-ring (bicyclic) bond motifs is 1. The molecule has 0 aliphatic rings. The molecule has 12 N–H and O–H groups in total. The fraction of sp³-hybridized carbons (Fsp3) is 0.481. The van der Waals surface area contributed by atoms with E-state index in [4.69, 9.17) is 17.2 Å². The number of carboxylic acids is 2. The summed E-state index contributed by atoms with van der Waals surface area (Å²) in [4.78, 5) is 69.4. The van der Waals surface area contributed by atoms with E-state index in [1.165, 1.54) is 0 Å². The Hall–Kier alpha value is -4.66. The zero-order valence-electron chi connectivity index (χ0n) is 23.6. The summed E-state index contributed by atoms with van der Waals surface area (Å²) in [6.07, 6.45) is 1.54. The van der Waals surface area contributed by atoms with Crippen molar-refractivity contribution in [2.75, 3.05) is 6.54 Å². The highest BCUT2D eigenvalue weighted by atomic mass is 16.4. The molecular weight excluding hydrogens is 548 g/mol. The summed E-state index contributed by atoms with van der Waals surface area (Å²) in [5.41, 5.74) is 17.9. The Kier molecular flexibility index (Phi) is 12.7. The third-order valence-corrected chi connectivity index (χ3v) is 6.37. The number of H-pyrrole nitrogens is 1. The van der Waals surface area contributed by atoms with E-state index in [9.17, 15) is 34.2 Å². The molecule has 0 aliphatic carbocycles. The van der Waals surface area contributed by atoms with Gasteiger partial charge in [0.1, 0.15) is 18.1 Å². The molecule has 2 aromatic rings. The number of nitrogens with two attached hydrogens (primary N) is 3. The number of rotatable bonds is 17. The van der Waals surface area contributed by atoms with Gasteiger partial charge < -0.3 is 48.3 Å². The van der Waals surface area contributed by atoms with Gasteiger partial charge in [-0.05, 0) is 36.8 Å². The van der Waals surface area contributed by atoms with Crippen LogP contribution in [0.25, 0.3) is 10.9 Å². The van der Waals surface area contributed by atoms with Crippen molar-refractivity contribution in [3.05, 3.63) is 36.0 Å². The molecule has 0 aliphatic heterocycles.